The Bertz CT molecular complexity index is 794. The number of benzene rings is 1. The number of pyridine rings is 1. The van der Waals surface area contributed by atoms with E-state index in [-0.39, 0.29) is 5.56 Å². The van der Waals surface area contributed by atoms with Crippen LogP contribution >= 0.6 is 11.3 Å². The topological polar surface area (TPSA) is 63.1 Å². The Morgan fingerprint density at radius 1 is 1.14 bits per heavy atom. The highest BCUT2D eigenvalue weighted by Crippen LogP contribution is 2.28. The Kier molecular flexibility index (Phi) is 3.50. The lowest BCUT2D eigenvalue weighted by atomic mass is 10.1. The zero-order chi connectivity index (χ0) is 14.8. The third kappa shape index (κ3) is 2.83. The van der Waals surface area contributed by atoms with Crippen LogP contribution in [0.2, 0.25) is 0 Å². The molecule has 0 amide bonds. The molecular formula is C16H12N2O2S. The highest BCUT2D eigenvalue weighted by molar-refractivity contribution is 7.13. The molecule has 0 fully saturated rings. The van der Waals surface area contributed by atoms with Crippen LogP contribution in [0.4, 0.5) is 0 Å². The van der Waals surface area contributed by atoms with Crippen molar-refractivity contribution in [1.29, 1.82) is 0 Å². The molecule has 104 valence electrons. The largest absolute Gasteiger partial charge is 0.478 e. The van der Waals surface area contributed by atoms with E-state index in [1.807, 2.05) is 36.6 Å². The van der Waals surface area contributed by atoms with Crippen LogP contribution in [0.15, 0.2) is 48.0 Å². The number of aryl methyl sites for hydroxylation is 1. The van der Waals surface area contributed by atoms with Crippen molar-refractivity contribution in [3.8, 4) is 22.0 Å². The predicted octanol–water partition coefficient (Wildman–Crippen LogP) is 3.88. The molecule has 0 bridgehead atoms. The number of carbonyl (C=O) groups is 1. The second-order valence-electron chi connectivity index (χ2n) is 4.64. The van der Waals surface area contributed by atoms with E-state index in [0.29, 0.717) is 10.7 Å². The molecule has 1 N–H and O–H groups in total. The maximum absolute atomic E-state index is 11.0. The van der Waals surface area contributed by atoms with Gasteiger partial charge in [0.05, 0.1) is 17.0 Å². The summed E-state index contributed by atoms with van der Waals surface area (Å²) in [6.07, 6.45) is 1.49. The van der Waals surface area contributed by atoms with Crippen molar-refractivity contribution in [1.82, 2.24) is 9.97 Å². The van der Waals surface area contributed by atoms with Gasteiger partial charge in [0.2, 0.25) is 0 Å². The Morgan fingerprint density at radius 2 is 1.90 bits per heavy atom. The Balaban J connectivity index is 1.96. The van der Waals surface area contributed by atoms with E-state index >= 15 is 0 Å². The summed E-state index contributed by atoms with van der Waals surface area (Å²) in [4.78, 5) is 19.7. The van der Waals surface area contributed by atoms with Crippen molar-refractivity contribution in [2.24, 2.45) is 0 Å². The van der Waals surface area contributed by atoms with E-state index in [4.69, 9.17) is 5.11 Å². The first-order chi connectivity index (χ1) is 10.1. The van der Waals surface area contributed by atoms with E-state index in [2.05, 4.69) is 9.97 Å². The molecule has 0 spiro atoms. The minimum Gasteiger partial charge on any atom is -0.478 e. The van der Waals surface area contributed by atoms with Gasteiger partial charge < -0.3 is 5.11 Å². The van der Waals surface area contributed by atoms with Crippen molar-refractivity contribution >= 4 is 17.3 Å². The minimum atomic E-state index is -0.964. The highest BCUT2D eigenvalue weighted by Gasteiger charge is 2.10. The SMILES string of the molecule is Cc1ccc(-c2csc(-c3cc(C(=O)O)ccn3)n2)cc1. The zero-order valence-corrected chi connectivity index (χ0v) is 12.1. The number of rotatable bonds is 3. The zero-order valence-electron chi connectivity index (χ0n) is 11.3. The molecule has 1 aromatic carbocycles. The second kappa shape index (κ2) is 5.46. The molecule has 0 aliphatic rings. The molecular weight excluding hydrogens is 284 g/mol. The van der Waals surface area contributed by atoms with Crippen molar-refractivity contribution in [2.75, 3.05) is 0 Å². The fourth-order valence-electron chi connectivity index (χ4n) is 1.93. The Labute approximate surface area is 125 Å². The number of hydrogen-bond acceptors (Lipinski definition) is 4. The van der Waals surface area contributed by atoms with E-state index in [9.17, 15) is 4.79 Å². The molecule has 2 heterocycles. The van der Waals surface area contributed by atoms with Crippen LogP contribution in [0.5, 0.6) is 0 Å². The second-order valence-corrected chi connectivity index (χ2v) is 5.50. The summed E-state index contributed by atoms with van der Waals surface area (Å²) in [7, 11) is 0. The molecule has 3 rings (SSSR count). The predicted molar refractivity (Wildman–Crippen MR) is 82.5 cm³/mol. The number of carboxylic acids is 1. The van der Waals surface area contributed by atoms with Gasteiger partial charge in [-0.3, -0.25) is 4.98 Å². The van der Waals surface area contributed by atoms with Gasteiger partial charge in [0.15, 0.2) is 0 Å². The summed E-state index contributed by atoms with van der Waals surface area (Å²) in [6, 6.07) is 11.1. The van der Waals surface area contributed by atoms with Crippen molar-refractivity contribution in [3.63, 3.8) is 0 Å². The third-order valence-corrected chi connectivity index (χ3v) is 3.94. The molecule has 0 aliphatic carbocycles. The maximum atomic E-state index is 11.0. The van der Waals surface area contributed by atoms with Gasteiger partial charge in [0, 0.05) is 17.1 Å². The van der Waals surface area contributed by atoms with Crippen molar-refractivity contribution in [2.45, 2.75) is 6.92 Å². The quantitative estimate of drug-likeness (QED) is 0.796. The monoisotopic (exact) mass is 296 g/mol. The molecule has 21 heavy (non-hydrogen) atoms. The van der Waals surface area contributed by atoms with Gasteiger partial charge in [-0.1, -0.05) is 29.8 Å². The first-order valence-electron chi connectivity index (χ1n) is 6.36. The number of nitrogens with zero attached hydrogens (tertiary/aromatic N) is 2. The summed E-state index contributed by atoms with van der Waals surface area (Å²) >= 11 is 1.46. The van der Waals surface area contributed by atoms with Gasteiger partial charge in [0.25, 0.3) is 0 Å². The average Bonchev–Trinajstić information content (AvgIpc) is 2.98. The standard InChI is InChI=1S/C16H12N2O2S/c1-10-2-4-11(5-3-10)14-9-21-15(18-14)13-8-12(16(19)20)6-7-17-13/h2-9H,1H3,(H,19,20). The van der Waals surface area contributed by atoms with Crippen LogP contribution < -0.4 is 0 Å². The molecule has 2 aromatic heterocycles. The van der Waals surface area contributed by atoms with Crippen LogP contribution in [0.1, 0.15) is 15.9 Å². The van der Waals surface area contributed by atoms with E-state index in [0.717, 1.165) is 11.3 Å². The summed E-state index contributed by atoms with van der Waals surface area (Å²) < 4.78 is 0. The molecule has 4 nitrogen and oxygen atoms in total. The van der Waals surface area contributed by atoms with Gasteiger partial charge in [0.1, 0.15) is 5.01 Å². The lowest BCUT2D eigenvalue weighted by Gasteiger charge is -1.99. The number of hydrogen-bond donors (Lipinski definition) is 1. The van der Waals surface area contributed by atoms with Gasteiger partial charge >= 0.3 is 5.97 Å². The molecule has 0 aliphatic heterocycles. The van der Waals surface area contributed by atoms with Crippen LogP contribution in [-0.2, 0) is 0 Å². The molecule has 0 unspecified atom stereocenters. The summed E-state index contributed by atoms with van der Waals surface area (Å²) in [5.74, 6) is -0.964. The minimum absolute atomic E-state index is 0.215. The normalized spacial score (nSPS) is 10.5. The molecule has 0 atom stereocenters. The van der Waals surface area contributed by atoms with Crippen LogP contribution in [-0.4, -0.2) is 21.0 Å². The number of thiazole rings is 1. The Morgan fingerprint density at radius 3 is 2.62 bits per heavy atom. The molecule has 3 aromatic rings. The van der Waals surface area contributed by atoms with E-state index in [1.165, 1.54) is 29.2 Å². The average molecular weight is 296 g/mol. The fraction of sp³-hybridized carbons (Fsp3) is 0.0625. The van der Waals surface area contributed by atoms with Gasteiger partial charge in [-0.05, 0) is 19.1 Å². The summed E-state index contributed by atoms with van der Waals surface area (Å²) in [6.45, 7) is 2.04. The lowest BCUT2D eigenvalue weighted by Crippen LogP contribution is -1.97. The molecule has 5 heteroatoms. The Hall–Kier alpha value is -2.53. The van der Waals surface area contributed by atoms with Crippen molar-refractivity contribution in [3.05, 3.63) is 59.1 Å². The molecule has 0 saturated carbocycles. The fourth-order valence-corrected chi connectivity index (χ4v) is 2.72. The number of aromatic nitrogens is 2. The highest BCUT2D eigenvalue weighted by atomic mass is 32.1. The van der Waals surface area contributed by atoms with E-state index < -0.39 is 5.97 Å². The van der Waals surface area contributed by atoms with Gasteiger partial charge in [-0.2, -0.15) is 0 Å². The van der Waals surface area contributed by atoms with Gasteiger partial charge in [-0.15, -0.1) is 11.3 Å². The van der Waals surface area contributed by atoms with Gasteiger partial charge in [-0.25, -0.2) is 9.78 Å². The molecule has 0 radical (unpaired) electrons. The number of aromatic carboxylic acids is 1. The summed E-state index contributed by atoms with van der Waals surface area (Å²) in [5, 5.41) is 11.7. The van der Waals surface area contributed by atoms with Crippen LogP contribution in [0.3, 0.4) is 0 Å². The maximum Gasteiger partial charge on any atom is 0.335 e. The van der Waals surface area contributed by atoms with Crippen LogP contribution in [0.25, 0.3) is 22.0 Å². The first-order valence-corrected chi connectivity index (χ1v) is 7.24. The summed E-state index contributed by atoms with van der Waals surface area (Å²) in [5.41, 5.74) is 3.91. The van der Waals surface area contributed by atoms with Crippen LogP contribution in [0, 0.1) is 6.92 Å². The van der Waals surface area contributed by atoms with E-state index in [1.54, 1.807) is 6.07 Å². The number of carboxylic acid groups (broad SMARTS) is 1. The first kappa shape index (κ1) is 13.5. The molecule has 0 saturated heterocycles. The van der Waals surface area contributed by atoms with Crippen molar-refractivity contribution < 1.29 is 9.90 Å². The third-order valence-electron chi connectivity index (χ3n) is 3.08. The smallest absolute Gasteiger partial charge is 0.335 e. The lowest BCUT2D eigenvalue weighted by molar-refractivity contribution is 0.0697.